The van der Waals surface area contributed by atoms with Crippen LogP contribution in [0.15, 0.2) is 47.6 Å². The van der Waals surface area contributed by atoms with Crippen LogP contribution in [0.3, 0.4) is 0 Å². The topological polar surface area (TPSA) is 20.2 Å². The van der Waals surface area contributed by atoms with Crippen LogP contribution in [0.2, 0.25) is 0 Å². The molecular formula is C17H24O. The molecule has 0 aliphatic carbocycles. The number of aryl methyl sites for hydroxylation is 1. The van der Waals surface area contributed by atoms with Crippen LogP contribution in [-0.4, -0.2) is 11.7 Å². The second-order valence-corrected chi connectivity index (χ2v) is 4.98. The highest BCUT2D eigenvalue weighted by Crippen LogP contribution is 2.12. The first kappa shape index (κ1) is 14.7. The third-order valence-electron chi connectivity index (χ3n) is 3.07. The van der Waals surface area contributed by atoms with E-state index in [9.17, 15) is 0 Å². The molecule has 0 amide bonds. The van der Waals surface area contributed by atoms with Gasteiger partial charge in [0.05, 0.1) is 6.61 Å². The first-order valence-corrected chi connectivity index (χ1v) is 6.59. The molecule has 0 saturated heterocycles. The molecule has 0 saturated carbocycles. The van der Waals surface area contributed by atoms with Crippen molar-refractivity contribution < 1.29 is 5.11 Å². The number of aliphatic hydroxyl groups excluding tert-OH is 1. The molecule has 98 valence electrons. The van der Waals surface area contributed by atoms with E-state index in [1.54, 1.807) is 0 Å². The van der Waals surface area contributed by atoms with Crippen molar-refractivity contribution in [3.63, 3.8) is 0 Å². The van der Waals surface area contributed by atoms with Crippen molar-refractivity contribution >= 4 is 0 Å². The molecule has 0 unspecified atom stereocenters. The Balaban J connectivity index is 2.42. The predicted molar refractivity (Wildman–Crippen MR) is 78.7 cm³/mol. The van der Waals surface area contributed by atoms with Gasteiger partial charge in [0.1, 0.15) is 0 Å². The fourth-order valence-electron chi connectivity index (χ4n) is 1.90. The third-order valence-corrected chi connectivity index (χ3v) is 3.07. The van der Waals surface area contributed by atoms with Crippen LogP contribution in [0, 0.1) is 6.92 Å². The average molecular weight is 244 g/mol. The molecule has 0 bridgehead atoms. The van der Waals surface area contributed by atoms with Crippen molar-refractivity contribution in [2.45, 2.75) is 40.0 Å². The van der Waals surface area contributed by atoms with E-state index in [2.05, 4.69) is 51.1 Å². The van der Waals surface area contributed by atoms with Crippen molar-refractivity contribution in [2.24, 2.45) is 0 Å². The Kier molecular flexibility index (Phi) is 6.45. The van der Waals surface area contributed by atoms with Gasteiger partial charge in [0.25, 0.3) is 0 Å². The zero-order chi connectivity index (χ0) is 13.4. The summed E-state index contributed by atoms with van der Waals surface area (Å²) < 4.78 is 0. The highest BCUT2D eigenvalue weighted by atomic mass is 16.2. The molecule has 0 spiro atoms. The summed E-state index contributed by atoms with van der Waals surface area (Å²) in [5, 5.41) is 8.77. The van der Waals surface area contributed by atoms with Crippen molar-refractivity contribution in [3.05, 3.63) is 58.7 Å². The van der Waals surface area contributed by atoms with Gasteiger partial charge < -0.3 is 5.11 Å². The minimum absolute atomic E-state index is 0.151. The quantitative estimate of drug-likeness (QED) is 0.743. The first-order valence-electron chi connectivity index (χ1n) is 6.59. The zero-order valence-electron chi connectivity index (χ0n) is 11.7. The molecule has 1 rings (SSSR count). The van der Waals surface area contributed by atoms with Crippen LogP contribution in [0.4, 0.5) is 0 Å². The standard InChI is InChI=1S/C17H24O/c1-14(11-12-18)5-4-6-16(3)13-17-9-7-15(2)8-10-17/h6-11,18H,4-5,12-13H2,1-3H3/b14-11+,16-6+. The largest absolute Gasteiger partial charge is 0.392 e. The summed E-state index contributed by atoms with van der Waals surface area (Å²) in [7, 11) is 0. The maximum Gasteiger partial charge on any atom is 0.0614 e. The fourth-order valence-corrected chi connectivity index (χ4v) is 1.90. The molecule has 0 aliphatic heterocycles. The highest BCUT2D eigenvalue weighted by Gasteiger charge is 1.95. The second-order valence-electron chi connectivity index (χ2n) is 4.98. The Hall–Kier alpha value is -1.34. The smallest absolute Gasteiger partial charge is 0.0614 e. The Bertz CT molecular complexity index is 410. The van der Waals surface area contributed by atoms with Crippen LogP contribution < -0.4 is 0 Å². The van der Waals surface area contributed by atoms with Gasteiger partial charge in [-0.3, -0.25) is 0 Å². The number of rotatable bonds is 6. The molecular weight excluding hydrogens is 220 g/mol. The number of benzene rings is 1. The van der Waals surface area contributed by atoms with Gasteiger partial charge in [0, 0.05) is 0 Å². The van der Waals surface area contributed by atoms with E-state index < -0.39 is 0 Å². The van der Waals surface area contributed by atoms with Crippen molar-refractivity contribution in [1.29, 1.82) is 0 Å². The molecule has 0 fully saturated rings. The molecule has 0 heterocycles. The second kappa shape index (κ2) is 7.88. The molecule has 18 heavy (non-hydrogen) atoms. The maximum atomic E-state index is 8.77. The molecule has 1 heteroatoms. The van der Waals surface area contributed by atoms with Crippen LogP contribution in [0.5, 0.6) is 0 Å². The molecule has 0 radical (unpaired) electrons. The van der Waals surface area contributed by atoms with E-state index in [4.69, 9.17) is 5.11 Å². The van der Waals surface area contributed by atoms with E-state index in [1.165, 1.54) is 22.3 Å². The SMILES string of the molecule is C/C(=C\CO)CC/C=C(\C)Cc1ccc(C)cc1. The normalized spacial score (nSPS) is 12.9. The molecule has 1 aromatic carbocycles. The Morgan fingerprint density at radius 1 is 1.06 bits per heavy atom. The van der Waals surface area contributed by atoms with Crippen molar-refractivity contribution in [2.75, 3.05) is 6.61 Å². The third kappa shape index (κ3) is 5.83. The summed E-state index contributed by atoms with van der Waals surface area (Å²) in [6.45, 7) is 6.52. The summed E-state index contributed by atoms with van der Waals surface area (Å²) in [5.41, 5.74) is 5.36. The van der Waals surface area contributed by atoms with Gasteiger partial charge in [-0.2, -0.15) is 0 Å². The van der Waals surface area contributed by atoms with Crippen molar-refractivity contribution in [3.8, 4) is 0 Å². The lowest BCUT2D eigenvalue weighted by atomic mass is 10.0. The molecule has 1 aromatic rings. The Morgan fingerprint density at radius 2 is 1.72 bits per heavy atom. The summed E-state index contributed by atoms with van der Waals surface area (Å²) in [6, 6.07) is 8.72. The highest BCUT2D eigenvalue weighted by molar-refractivity contribution is 5.25. The predicted octanol–water partition coefficient (Wildman–Crippen LogP) is 4.20. The van der Waals surface area contributed by atoms with E-state index in [0.29, 0.717) is 0 Å². The van der Waals surface area contributed by atoms with E-state index >= 15 is 0 Å². The summed E-state index contributed by atoms with van der Waals surface area (Å²) in [4.78, 5) is 0. The maximum absolute atomic E-state index is 8.77. The number of hydrogen-bond acceptors (Lipinski definition) is 1. The van der Waals surface area contributed by atoms with E-state index in [-0.39, 0.29) is 6.61 Å². The van der Waals surface area contributed by atoms with Gasteiger partial charge >= 0.3 is 0 Å². The molecule has 1 N–H and O–H groups in total. The van der Waals surface area contributed by atoms with Gasteiger partial charge in [-0.25, -0.2) is 0 Å². The van der Waals surface area contributed by atoms with Crippen molar-refractivity contribution in [1.82, 2.24) is 0 Å². The number of aliphatic hydroxyl groups is 1. The zero-order valence-corrected chi connectivity index (χ0v) is 11.7. The van der Waals surface area contributed by atoms with E-state index in [0.717, 1.165) is 19.3 Å². The summed E-state index contributed by atoms with van der Waals surface area (Å²) >= 11 is 0. The Labute approximate surface area is 111 Å². The molecule has 0 atom stereocenters. The minimum atomic E-state index is 0.151. The lowest BCUT2D eigenvalue weighted by molar-refractivity contribution is 0.341. The fraction of sp³-hybridized carbons (Fsp3) is 0.412. The van der Waals surface area contributed by atoms with Gasteiger partial charge in [-0.05, 0) is 45.6 Å². The molecule has 0 aromatic heterocycles. The van der Waals surface area contributed by atoms with Gasteiger partial charge in [0.15, 0.2) is 0 Å². The molecule has 1 nitrogen and oxygen atoms in total. The van der Waals surface area contributed by atoms with Gasteiger partial charge in [-0.1, -0.05) is 53.1 Å². The Morgan fingerprint density at radius 3 is 2.33 bits per heavy atom. The van der Waals surface area contributed by atoms with Crippen LogP contribution in [-0.2, 0) is 6.42 Å². The lowest BCUT2D eigenvalue weighted by Gasteiger charge is -2.03. The minimum Gasteiger partial charge on any atom is -0.392 e. The summed E-state index contributed by atoms with van der Waals surface area (Å²) in [5.74, 6) is 0. The van der Waals surface area contributed by atoms with Gasteiger partial charge in [0.2, 0.25) is 0 Å². The van der Waals surface area contributed by atoms with Gasteiger partial charge in [-0.15, -0.1) is 0 Å². The molecule has 0 aliphatic rings. The monoisotopic (exact) mass is 244 g/mol. The van der Waals surface area contributed by atoms with E-state index in [1.807, 2.05) is 6.08 Å². The first-order chi connectivity index (χ1) is 8.61. The number of allylic oxidation sites excluding steroid dienone is 3. The van der Waals surface area contributed by atoms with Crippen LogP contribution in [0.25, 0.3) is 0 Å². The summed E-state index contributed by atoms with van der Waals surface area (Å²) in [6.07, 6.45) is 7.30. The lowest BCUT2D eigenvalue weighted by Crippen LogP contribution is -1.88. The van der Waals surface area contributed by atoms with Crippen LogP contribution in [0.1, 0.15) is 37.8 Å². The van der Waals surface area contributed by atoms with Crippen LogP contribution >= 0.6 is 0 Å². The number of hydrogen-bond donors (Lipinski definition) is 1. The average Bonchev–Trinajstić information content (AvgIpc) is 2.32.